The first-order chi connectivity index (χ1) is 11.2. The number of ether oxygens (including phenoxy) is 1. The molecule has 1 aliphatic rings. The molecular formula is C19H22ClNO2. The fraction of sp³-hybridized carbons (Fsp3) is 0.368. The van der Waals surface area contributed by atoms with Gasteiger partial charge in [-0.3, -0.25) is 4.90 Å². The number of hydrogen-bond acceptors (Lipinski definition) is 3. The van der Waals surface area contributed by atoms with Crippen LogP contribution in [0.2, 0.25) is 0 Å². The second-order valence-electron chi connectivity index (χ2n) is 6.13. The number of likely N-dealkylation sites (tertiary alicyclic amines) is 1. The summed E-state index contributed by atoms with van der Waals surface area (Å²) in [5.74, 6) is 2.25. The van der Waals surface area contributed by atoms with Crippen LogP contribution in [-0.4, -0.2) is 36.1 Å². The van der Waals surface area contributed by atoms with Crippen molar-refractivity contribution >= 4 is 11.6 Å². The lowest BCUT2D eigenvalue weighted by molar-refractivity contribution is 0.319. The highest BCUT2D eigenvalue weighted by Crippen LogP contribution is 2.39. The molecule has 2 atom stereocenters. The maximum absolute atomic E-state index is 10.3. The Kier molecular flexibility index (Phi) is 5.09. The smallest absolute Gasteiger partial charge is 0.119 e. The summed E-state index contributed by atoms with van der Waals surface area (Å²) in [6.07, 6.45) is 0. The number of phenols is 1. The quantitative estimate of drug-likeness (QED) is 0.845. The van der Waals surface area contributed by atoms with Crippen LogP contribution in [0.5, 0.6) is 11.5 Å². The number of alkyl halides is 1. The van der Waals surface area contributed by atoms with E-state index in [1.54, 1.807) is 19.2 Å². The number of phenolic OH excluding ortho intramolecular Hbond substituents is 1. The van der Waals surface area contributed by atoms with E-state index in [0.29, 0.717) is 17.5 Å². The van der Waals surface area contributed by atoms with Gasteiger partial charge in [0.25, 0.3) is 0 Å². The highest BCUT2D eigenvalue weighted by Gasteiger charge is 2.34. The van der Waals surface area contributed by atoms with Crippen LogP contribution in [0.25, 0.3) is 0 Å². The number of benzene rings is 2. The molecular weight excluding hydrogens is 310 g/mol. The molecule has 1 N–H and O–H groups in total. The van der Waals surface area contributed by atoms with Crippen molar-refractivity contribution in [3.8, 4) is 11.5 Å². The SMILES string of the molecule is COc1ccc(O)c([C@H]2CN(Cc3ccccc3)C[C@@H]2CCl)c1. The molecule has 0 aliphatic carbocycles. The average Bonchev–Trinajstić information content (AvgIpc) is 2.99. The predicted octanol–water partition coefficient (Wildman–Crippen LogP) is 3.86. The third-order valence-electron chi connectivity index (χ3n) is 4.60. The van der Waals surface area contributed by atoms with Gasteiger partial charge in [-0.25, -0.2) is 0 Å². The molecule has 0 amide bonds. The second-order valence-corrected chi connectivity index (χ2v) is 6.43. The van der Waals surface area contributed by atoms with E-state index in [1.807, 2.05) is 12.1 Å². The molecule has 122 valence electrons. The van der Waals surface area contributed by atoms with Crippen LogP contribution in [-0.2, 0) is 6.54 Å². The molecule has 1 heterocycles. The van der Waals surface area contributed by atoms with Gasteiger partial charge in [0, 0.05) is 37.0 Å². The van der Waals surface area contributed by atoms with Crippen LogP contribution in [0.15, 0.2) is 48.5 Å². The zero-order valence-electron chi connectivity index (χ0n) is 13.3. The predicted molar refractivity (Wildman–Crippen MR) is 93.3 cm³/mol. The minimum atomic E-state index is 0.228. The molecule has 0 radical (unpaired) electrons. The molecule has 0 spiro atoms. The Hall–Kier alpha value is -1.71. The third-order valence-corrected chi connectivity index (χ3v) is 4.99. The van der Waals surface area contributed by atoms with Gasteiger partial charge in [-0.2, -0.15) is 0 Å². The van der Waals surface area contributed by atoms with Crippen LogP contribution >= 0.6 is 11.6 Å². The van der Waals surface area contributed by atoms with E-state index in [2.05, 4.69) is 29.2 Å². The van der Waals surface area contributed by atoms with Gasteiger partial charge in [0.15, 0.2) is 0 Å². The Morgan fingerprint density at radius 1 is 1.17 bits per heavy atom. The van der Waals surface area contributed by atoms with E-state index in [1.165, 1.54) is 5.56 Å². The molecule has 0 bridgehead atoms. The van der Waals surface area contributed by atoms with Crippen LogP contribution in [0.1, 0.15) is 17.0 Å². The normalized spacial score (nSPS) is 21.5. The van der Waals surface area contributed by atoms with E-state index in [9.17, 15) is 5.11 Å². The second kappa shape index (κ2) is 7.24. The molecule has 23 heavy (non-hydrogen) atoms. The first-order valence-corrected chi connectivity index (χ1v) is 8.44. The van der Waals surface area contributed by atoms with E-state index in [0.717, 1.165) is 30.9 Å². The summed E-state index contributed by atoms with van der Waals surface area (Å²) in [7, 11) is 1.64. The van der Waals surface area contributed by atoms with Gasteiger partial charge in [-0.15, -0.1) is 11.6 Å². The summed E-state index contributed by atoms with van der Waals surface area (Å²) in [5.41, 5.74) is 2.24. The highest BCUT2D eigenvalue weighted by atomic mass is 35.5. The summed E-state index contributed by atoms with van der Waals surface area (Å²) >= 11 is 6.21. The van der Waals surface area contributed by atoms with Gasteiger partial charge in [0.2, 0.25) is 0 Å². The molecule has 2 aromatic rings. The van der Waals surface area contributed by atoms with Crippen LogP contribution < -0.4 is 4.74 Å². The number of methoxy groups -OCH3 is 1. The summed E-state index contributed by atoms with van der Waals surface area (Å²) in [5, 5.41) is 10.3. The molecule has 0 unspecified atom stereocenters. The van der Waals surface area contributed by atoms with Gasteiger partial charge in [-0.1, -0.05) is 30.3 Å². The van der Waals surface area contributed by atoms with Crippen molar-refractivity contribution in [2.24, 2.45) is 5.92 Å². The van der Waals surface area contributed by atoms with Crippen LogP contribution in [0.4, 0.5) is 0 Å². The summed E-state index contributed by atoms with van der Waals surface area (Å²) in [6, 6.07) is 15.9. The topological polar surface area (TPSA) is 32.7 Å². The minimum Gasteiger partial charge on any atom is -0.508 e. The van der Waals surface area contributed by atoms with Gasteiger partial charge in [0.05, 0.1) is 7.11 Å². The summed E-state index contributed by atoms with van der Waals surface area (Å²) in [4.78, 5) is 2.41. The Bertz CT molecular complexity index is 647. The highest BCUT2D eigenvalue weighted by molar-refractivity contribution is 6.18. The molecule has 3 rings (SSSR count). The lowest BCUT2D eigenvalue weighted by Crippen LogP contribution is -2.20. The lowest BCUT2D eigenvalue weighted by Gasteiger charge is -2.18. The van der Waals surface area contributed by atoms with E-state index in [4.69, 9.17) is 16.3 Å². The van der Waals surface area contributed by atoms with Crippen molar-refractivity contribution in [2.75, 3.05) is 26.1 Å². The van der Waals surface area contributed by atoms with Crippen LogP contribution in [0.3, 0.4) is 0 Å². The first-order valence-electron chi connectivity index (χ1n) is 7.90. The van der Waals surface area contributed by atoms with Crippen molar-refractivity contribution in [3.63, 3.8) is 0 Å². The maximum atomic E-state index is 10.3. The van der Waals surface area contributed by atoms with Crippen molar-refractivity contribution in [1.29, 1.82) is 0 Å². The number of nitrogens with zero attached hydrogens (tertiary/aromatic N) is 1. The van der Waals surface area contributed by atoms with Gasteiger partial charge < -0.3 is 9.84 Å². The van der Waals surface area contributed by atoms with Crippen molar-refractivity contribution in [2.45, 2.75) is 12.5 Å². The molecule has 0 aromatic heterocycles. The Labute approximate surface area is 142 Å². The van der Waals surface area contributed by atoms with E-state index in [-0.39, 0.29) is 5.92 Å². The number of halogens is 1. The van der Waals surface area contributed by atoms with Gasteiger partial charge in [0.1, 0.15) is 11.5 Å². The Morgan fingerprint density at radius 3 is 2.65 bits per heavy atom. The molecule has 4 heteroatoms. The fourth-order valence-electron chi connectivity index (χ4n) is 3.40. The molecule has 0 saturated carbocycles. The van der Waals surface area contributed by atoms with Gasteiger partial charge >= 0.3 is 0 Å². The van der Waals surface area contributed by atoms with Crippen molar-refractivity contribution < 1.29 is 9.84 Å². The van der Waals surface area contributed by atoms with Gasteiger partial charge in [-0.05, 0) is 29.7 Å². The Morgan fingerprint density at radius 2 is 1.96 bits per heavy atom. The van der Waals surface area contributed by atoms with E-state index < -0.39 is 0 Å². The molecule has 2 aromatic carbocycles. The summed E-state index contributed by atoms with van der Waals surface area (Å²) < 4.78 is 5.30. The monoisotopic (exact) mass is 331 g/mol. The zero-order valence-corrected chi connectivity index (χ0v) is 14.0. The third kappa shape index (κ3) is 3.62. The Balaban J connectivity index is 1.79. The number of hydrogen-bond donors (Lipinski definition) is 1. The largest absolute Gasteiger partial charge is 0.508 e. The average molecular weight is 332 g/mol. The first kappa shape index (κ1) is 16.2. The summed E-state index contributed by atoms with van der Waals surface area (Å²) in [6.45, 7) is 2.75. The number of aromatic hydroxyl groups is 1. The fourth-order valence-corrected chi connectivity index (χ4v) is 3.71. The molecule has 1 aliphatic heterocycles. The molecule has 1 saturated heterocycles. The van der Waals surface area contributed by atoms with Crippen molar-refractivity contribution in [3.05, 3.63) is 59.7 Å². The molecule has 1 fully saturated rings. The minimum absolute atomic E-state index is 0.228. The van der Waals surface area contributed by atoms with Crippen LogP contribution in [0, 0.1) is 5.92 Å². The van der Waals surface area contributed by atoms with E-state index >= 15 is 0 Å². The lowest BCUT2D eigenvalue weighted by atomic mass is 9.89. The zero-order chi connectivity index (χ0) is 16.2. The number of rotatable bonds is 5. The standard InChI is InChI=1S/C19H22ClNO2/c1-23-16-7-8-19(22)17(9-16)18-13-21(12-15(18)10-20)11-14-5-3-2-4-6-14/h2-9,15,18,22H,10-13H2,1H3/t15-,18-/m0/s1. The maximum Gasteiger partial charge on any atom is 0.119 e. The van der Waals surface area contributed by atoms with Crippen molar-refractivity contribution in [1.82, 2.24) is 4.90 Å². The molecule has 3 nitrogen and oxygen atoms in total.